The molecule has 1 aromatic heterocycles. The van der Waals surface area contributed by atoms with Gasteiger partial charge in [-0.3, -0.25) is 9.80 Å². The highest BCUT2D eigenvalue weighted by molar-refractivity contribution is 6.30. The fourth-order valence-corrected chi connectivity index (χ4v) is 4.84. The van der Waals surface area contributed by atoms with Crippen molar-refractivity contribution in [3.8, 4) is 0 Å². The Morgan fingerprint density at radius 1 is 0.833 bits per heavy atom. The molecule has 0 aliphatic carbocycles. The third-order valence-corrected chi connectivity index (χ3v) is 6.94. The molecule has 4 aromatic rings. The van der Waals surface area contributed by atoms with Gasteiger partial charge < -0.3 is 0 Å². The van der Waals surface area contributed by atoms with E-state index in [0.29, 0.717) is 0 Å². The molecule has 5 rings (SSSR count). The highest BCUT2D eigenvalue weighted by atomic mass is 35.5. The summed E-state index contributed by atoms with van der Waals surface area (Å²) < 4.78 is 1.96. The summed E-state index contributed by atoms with van der Waals surface area (Å²) >= 11 is 6.05. The SMILES string of the molecule is Clc1ccc(CCn2nnnc2[C@@H](c2ccccc2)N2CCN(CC=Cc3ccccc3)CC2)cc1. The predicted molar refractivity (Wildman–Crippen MR) is 145 cm³/mol. The van der Waals surface area contributed by atoms with Gasteiger partial charge in [-0.25, -0.2) is 4.68 Å². The van der Waals surface area contributed by atoms with E-state index in [1.807, 2.05) is 22.9 Å². The molecule has 36 heavy (non-hydrogen) atoms. The van der Waals surface area contributed by atoms with E-state index in [-0.39, 0.29) is 6.04 Å². The number of piperazine rings is 1. The number of hydrogen-bond acceptors (Lipinski definition) is 5. The average molecular weight is 499 g/mol. The Balaban J connectivity index is 1.27. The number of benzene rings is 3. The number of tetrazole rings is 1. The van der Waals surface area contributed by atoms with Crippen molar-refractivity contribution < 1.29 is 0 Å². The number of halogens is 1. The molecule has 1 aliphatic rings. The van der Waals surface area contributed by atoms with E-state index in [1.165, 1.54) is 16.7 Å². The minimum absolute atomic E-state index is 0.0217. The van der Waals surface area contributed by atoms with E-state index in [2.05, 4.69) is 104 Å². The third kappa shape index (κ3) is 6.26. The number of aryl methyl sites for hydroxylation is 2. The van der Waals surface area contributed by atoms with Crippen molar-refractivity contribution in [2.75, 3.05) is 32.7 Å². The zero-order chi connectivity index (χ0) is 24.6. The van der Waals surface area contributed by atoms with Gasteiger partial charge in [-0.2, -0.15) is 0 Å². The number of aromatic nitrogens is 4. The molecule has 0 radical (unpaired) electrons. The highest BCUT2D eigenvalue weighted by Gasteiger charge is 2.30. The van der Waals surface area contributed by atoms with Gasteiger partial charge in [0.15, 0.2) is 5.82 Å². The molecule has 1 aliphatic heterocycles. The molecule has 6 nitrogen and oxygen atoms in total. The third-order valence-electron chi connectivity index (χ3n) is 6.69. The second kappa shape index (κ2) is 12.1. The summed E-state index contributed by atoms with van der Waals surface area (Å²) in [4.78, 5) is 5.01. The lowest BCUT2D eigenvalue weighted by molar-refractivity contribution is 0.112. The van der Waals surface area contributed by atoms with Crippen LogP contribution in [0.5, 0.6) is 0 Å². The van der Waals surface area contributed by atoms with E-state index < -0.39 is 0 Å². The Bertz CT molecular complexity index is 1230. The molecule has 0 saturated carbocycles. The molecule has 184 valence electrons. The van der Waals surface area contributed by atoms with Crippen LogP contribution in [0.3, 0.4) is 0 Å². The van der Waals surface area contributed by atoms with Gasteiger partial charge in [0.05, 0.1) is 6.04 Å². The molecule has 2 heterocycles. The van der Waals surface area contributed by atoms with E-state index in [1.54, 1.807) is 0 Å². The van der Waals surface area contributed by atoms with Crippen LogP contribution in [0.4, 0.5) is 0 Å². The van der Waals surface area contributed by atoms with Gasteiger partial charge in [-0.1, -0.05) is 96.5 Å². The van der Waals surface area contributed by atoms with Crippen molar-refractivity contribution in [2.45, 2.75) is 19.0 Å². The minimum atomic E-state index is 0.0217. The summed E-state index contributed by atoms with van der Waals surface area (Å²) in [5.74, 6) is 0.896. The summed E-state index contributed by atoms with van der Waals surface area (Å²) in [5, 5.41) is 13.7. The maximum Gasteiger partial charge on any atom is 0.173 e. The first-order chi connectivity index (χ1) is 17.8. The number of rotatable bonds is 9. The summed E-state index contributed by atoms with van der Waals surface area (Å²) in [5.41, 5.74) is 3.68. The van der Waals surface area contributed by atoms with Crippen LogP contribution in [0.15, 0.2) is 91.0 Å². The van der Waals surface area contributed by atoms with Gasteiger partial charge in [0.1, 0.15) is 0 Å². The van der Waals surface area contributed by atoms with Crippen LogP contribution in [0.2, 0.25) is 5.02 Å². The molecule has 0 unspecified atom stereocenters. The van der Waals surface area contributed by atoms with Gasteiger partial charge >= 0.3 is 0 Å². The van der Waals surface area contributed by atoms with Crippen LogP contribution in [0.25, 0.3) is 6.08 Å². The highest BCUT2D eigenvalue weighted by Crippen LogP contribution is 2.28. The Labute approximate surface area is 217 Å². The van der Waals surface area contributed by atoms with Crippen LogP contribution in [0.1, 0.15) is 28.6 Å². The van der Waals surface area contributed by atoms with Gasteiger partial charge in [0.25, 0.3) is 0 Å². The second-order valence-corrected chi connectivity index (χ2v) is 9.54. The molecular weight excluding hydrogens is 468 g/mol. The van der Waals surface area contributed by atoms with Gasteiger partial charge in [-0.05, 0) is 45.7 Å². The maximum atomic E-state index is 6.05. The minimum Gasteiger partial charge on any atom is -0.297 e. The van der Waals surface area contributed by atoms with Crippen LogP contribution in [-0.4, -0.2) is 62.7 Å². The van der Waals surface area contributed by atoms with Crippen LogP contribution in [0, 0.1) is 0 Å². The van der Waals surface area contributed by atoms with Crippen molar-refractivity contribution in [2.24, 2.45) is 0 Å². The Kier molecular flexibility index (Phi) is 8.18. The van der Waals surface area contributed by atoms with E-state index in [0.717, 1.165) is 56.5 Å². The van der Waals surface area contributed by atoms with Crippen molar-refractivity contribution in [1.82, 2.24) is 30.0 Å². The first-order valence-electron chi connectivity index (χ1n) is 12.5. The monoisotopic (exact) mass is 498 g/mol. The van der Waals surface area contributed by atoms with Crippen molar-refractivity contribution in [1.29, 1.82) is 0 Å². The summed E-state index contributed by atoms with van der Waals surface area (Å²) in [6.07, 6.45) is 5.31. The quantitative estimate of drug-likeness (QED) is 0.325. The van der Waals surface area contributed by atoms with Crippen LogP contribution < -0.4 is 0 Å². The number of hydrogen-bond donors (Lipinski definition) is 0. The van der Waals surface area contributed by atoms with Crippen molar-refractivity contribution >= 4 is 17.7 Å². The molecule has 1 saturated heterocycles. The summed E-state index contributed by atoms with van der Waals surface area (Å²) in [6.45, 7) is 5.62. The topological polar surface area (TPSA) is 50.1 Å². The smallest absolute Gasteiger partial charge is 0.173 e. The van der Waals surface area contributed by atoms with Gasteiger partial charge in [-0.15, -0.1) is 5.10 Å². The van der Waals surface area contributed by atoms with E-state index >= 15 is 0 Å². The molecular formula is C29H31ClN6. The summed E-state index contributed by atoms with van der Waals surface area (Å²) in [6, 6.07) is 29.1. The second-order valence-electron chi connectivity index (χ2n) is 9.10. The van der Waals surface area contributed by atoms with E-state index in [4.69, 9.17) is 11.6 Å². The lowest BCUT2D eigenvalue weighted by Gasteiger charge is -2.38. The first kappa shape index (κ1) is 24.4. The van der Waals surface area contributed by atoms with Crippen LogP contribution in [-0.2, 0) is 13.0 Å². The standard InChI is InChI=1S/C29H31ClN6/c30-27-15-13-25(14-16-27)17-19-36-29(31-32-33-36)28(26-11-5-2-6-12-26)35-22-20-34(21-23-35)18-7-10-24-8-3-1-4-9-24/h1-16,28H,17-23H2/t28-/m1/s1. The molecule has 1 atom stereocenters. The molecule has 1 fully saturated rings. The molecule has 0 N–H and O–H groups in total. The zero-order valence-electron chi connectivity index (χ0n) is 20.3. The van der Waals surface area contributed by atoms with E-state index in [9.17, 15) is 0 Å². The Morgan fingerprint density at radius 3 is 2.25 bits per heavy atom. The Hall–Kier alpha value is -3.32. The Morgan fingerprint density at radius 2 is 1.53 bits per heavy atom. The largest absolute Gasteiger partial charge is 0.297 e. The molecule has 7 heteroatoms. The van der Waals surface area contributed by atoms with Gasteiger partial charge in [0, 0.05) is 44.3 Å². The fourth-order valence-electron chi connectivity index (χ4n) is 4.72. The first-order valence-corrected chi connectivity index (χ1v) is 12.9. The summed E-state index contributed by atoms with van der Waals surface area (Å²) in [7, 11) is 0. The molecule has 0 amide bonds. The normalized spacial score (nSPS) is 15.9. The lowest BCUT2D eigenvalue weighted by atomic mass is 10.0. The molecule has 0 bridgehead atoms. The van der Waals surface area contributed by atoms with Crippen molar-refractivity contribution in [3.05, 3.63) is 119 Å². The number of nitrogens with zero attached hydrogens (tertiary/aromatic N) is 6. The lowest BCUT2D eigenvalue weighted by Crippen LogP contribution is -2.48. The van der Waals surface area contributed by atoms with Gasteiger partial charge in [0.2, 0.25) is 0 Å². The average Bonchev–Trinajstić information content (AvgIpc) is 3.39. The fraction of sp³-hybridized carbons (Fsp3) is 0.276. The maximum absolute atomic E-state index is 6.05. The van der Waals surface area contributed by atoms with Crippen molar-refractivity contribution in [3.63, 3.8) is 0 Å². The predicted octanol–water partition coefficient (Wildman–Crippen LogP) is 4.99. The van der Waals surface area contributed by atoms with Crippen LogP contribution >= 0.6 is 11.6 Å². The molecule has 3 aromatic carbocycles. The molecule has 0 spiro atoms. The zero-order valence-corrected chi connectivity index (χ0v) is 21.1.